The average Bonchev–Trinajstić information content (AvgIpc) is 2.67. The largest absolute Gasteiger partial charge is 0.462 e. The highest BCUT2D eigenvalue weighted by molar-refractivity contribution is 7.90. The molecule has 3 rings (SSSR count). The number of nitrogens with one attached hydrogen (secondary N) is 1. The quantitative estimate of drug-likeness (QED) is 0.683. The summed E-state index contributed by atoms with van der Waals surface area (Å²) in [5.74, 6) is -1.40. The number of nitriles is 1. The Bertz CT molecular complexity index is 1120. The molecule has 0 atom stereocenters. The second-order valence-electron chi connectivity index (χ2n) is 6.71. The standard InChI is InChI=1S/C20H20N4O5S/c1-3-29-20(26)17-9-14(10-21)18(22-13(17)2)24-11-15(12-24)19(25)23-30(27,28)16-7-5-4-6-8-16/h4-9,15H,3,11-12H2,1-2H3,(H,23,25). The second kappa shape index (κ2) is 8.51. The summed E-state index contributed by atoms with van der Waals surface area (Å²) in [4.78, 5) is 30.4. The molecule has 0 unspecified atom stereocenters. The number of aryl methyl sites for hydroxylation is 1. The van der Waals surface area contributed by atoms with Crippen LogP contribution in [0.1, 0.15) is 28.5 Å². The maximum absolute atomic E-state index is 12.4. The third kappa shape index (κ3) is 4.26. The maximum Gasteiger partial charge on any atom is 0.340 e. The van der Waals surface area contributed by atoms with Crippen molar-refractivity contribution < 1.29 is 22.7 Å². The van der Waals surface area contributed by atoms with E-state index in [-0.39, 0.29) is 35.7 Å². The van der Waals surface area contributed by atoms with Crippen molar-refractivity contribution in [2.75, 3.05) is 24.6 Å². The minimum Gasteiger partial charge on any atom is -0.462 e. The van der Waals surface area contributed by atoms with Crippen molar-refractivity contribution in [1.82, 2.24) is 9.71 Å². The zero-order valence-corrected chi connectivity index (χ0v) is 17.3. The van der Waals surface area contributed by atoms with E-state index in [9.17, 15) is 23.3 Å². The van der Waals surface area contributed by atoms with Crippen LogP contribution in [0, 0.1) is 24.2 Å². The lowest BCUT2D eigenvalue weighted by atomic mass is 9.98. The molecule has 1 fully saturated rings. The van der Waals surface area contributed by atoms with E-state index < -0.39 is 27.8 Å². The van der Waals surface area contributed by atoms with Gasteiger partial charge in [-0.1, -0.05) is 18.2 Å². The first-order valence-corrected chi connectivity index (χ1v) is 10.7. The van der Waals surface area contributed by atoms with Crippen molar-refractivity contribution in [3.05, 3.63) is 53.2 Å². The van der Waals surface area contributed by atoms with Crippen LogP contribution in [-0.4, -0.2) is 45.0 Å². The minimum absolute atomic E-state index is 0.00754. The number of aromatic nitrogens is 1. The van der Waals surface area contributed by atoms with E-state index in [1.54, 1.807) is 36.9 Å². The summed E-state index contributed by atoms with van der Waals surface area (Å²) in [5.41, 5.74) is 0.794. The van der Waals surface area contributed by atoms with Gasteiger partial charge in [0.1, 0.15) is 11.9 Å². The van der Waals surface area contributed by atoms with Gasteiger partial charge in [-0.3, -0.25) is 4.79 Å². The van der Waals surface area contributed by atoms with E-state index in [1.165, 1.54) is 18.2 Å². The molecule has 1 aromatic heterocycles. The van der Waals surface area contributed by atoms with Gasteiger partial charge in [0.25, 0.3) is 10.0 Å². The van der Waals surface area contributed by atoms with E-state index in [0.29, 0.717) is 11.5 Å². The number of hydrogen-bond donors (Lipinski definition) is 1. The number of amides is 1. The van der Waals surface area contributed by atoms with Crippen LogP contribution >= 0.6 is 0 Å². The average molecular weight is 428 g/mol. The van der Waals surface area contributed by atoms with Gasteiger partial charge in [-0.2, -0.15) is 5.26 Å². The van der Waals surface area contributed by atoms with E-state index in [4.69, 9.17) is 4.74 Å². The Morgan fingerprint density at radius 2 is 1.97 bits per heavy atom. The van der Waals surface area contributed by atoms with Gasteiger partial charge in [0.2, 0.25) is 5.91 Å². The monoisotopic (exact) mass is 428 g/mol. The van der Waals surface area contributed by atoms with Gasteiger partial charge < -0.3 is 9.64 Å². The fourth-order valence-electron chi connectivity index (χ4n) is 3.02. The lowest BCUT2D eigenvalue weighted by Crippen LogP contribution is -2.55. The Balaban J connectivity index is 1.70. The Morgan fingerprint density at radius 1 is 1.30 bits per heavy atom. The number of rotatable bonds is 6. The summed E-state index contributed by atoms with van der Waals surface area (Å²) in [5, 5.41) is 9.44. The van der Waals surface area contributed by atoms with Crippen LogP contribution in [0.15, 0.2) is 41.3 Å². The number of carbonyl (C=O) groups excluding carboxylic acids is 2. The van der Waals surface area contributed by atoms with Crippen LogP contribution in [0.4, 0.5) is 5.82 Å². The maximum atomic E-state index is 12.4. The highest BCUT2D eigenvalue weighted by Gasteiger charge is 2.37. The first kappa shape index (κ1) is 21.3. The summed E-state index contributed by atoms with van der Waals surface area (Å²) < 4.78 is 31.6. The van der Waals surface area contributed by atoms with E-state index in [1.807, 2.05) is 6.07 Å². The molecule has 0 radical (unpaired) electrons. The van der Waals surface area contributed by atoms with Gasteiger partial charge >= 0.3 is 5.97 Å². The highest BCUT2D eigenvalue weighted by atomic mass is 32.2. The number of carbonyl (C=O) groups is 2. The smallest absolute Gasteiger partial charge is 0.340 e. The lowest BCUT2D eigenvalue weighted by Gasteiger charge is -2.39. The Morgan fingerprint density at radius 3 is 2.57 bits per heavy atom. The van der Waals surface area contributed by atoms with Crippen LogP contribution in [0.5, 0.6) is 0 Å². The molecule has 0 bridgehead atoms. The molecule has 1 saturated heterocycles. The van der Waals surface area contributed by atoms with Gasteiger partial charge in [-0.15, -0.1) is 0 Å². The SMILES string of the molecule is CCOC(=O)c1cc(C#N)c(N2CC(C(=O)NS(=O)(=O)c3ccccc3)C2)nc1C. The molecular formula is C20H20N4O5S. The van der Waals surface area contributed by atoms with Crippen molar-refractivity contribution in [3.63, 3.8) is 0 Å². The molecule has 1 aromatic carbocycles. The summed E-state index contributed by atoms with van der Waals surface area (Å²) in [6, 6.07) is 11.1. The minimum atomic E-state index is -3.94. The predicted octanol–water partition coefficient (Wildman–Crippen LogP) is 1.38. The van der Waals surface area contributed by atoms with Gasteiger partial charge in [0.05, 0.1) is 34.2 Å². The lowest BCUT2D eigenvalue weighted by molar-refractivity contribution is -0.123. The van der Waals surface area contributed by atoms with Crippen LogP contribution in [-0.2, 0) is 19.6 Å². The normalized spacial score (nSPS) is 13.8. The van der Waals surface area contributed by atoms with Gasteiger partial charge in [0, 0.05) is 13.1 Å². The molecule has 1 amide bonds. The van der Waals surface area contributed by atoms with Gasteiger partial charge in [0.15, 0.2) is 0 Å². The molecule has 2 aromatic rings. The molecule has 2 heterocycles. The van der Waals surface area contributed by atoms with Crippen LogP contribution in [0.25, 0.3) is 0 Å². The Labute approximate surface area is 174 Å². The predicted molar refractivity (Wildman–Crippen MR) is 107 cm³/mol. The first-order valence-electron chi connectivity index (χ1n) is 9.22. The molecule has 9 nitrogen and oxygen atoms in total. The van der Waals surface area contributed by atoms with Crippen molar-refractivity contribution in [2.45, 2.75) is 18.7 Å². The number of pyridine rings is 1. The van der Waals surface area contributed by atoms with Crippen LogP contribution in [0.3, 0.4) is 0 Å². The number of sulfonamides is 1. The molecule has 156 valence electrons. The molecule has 1 N–H and O–H groups in total. The van der Waals surface area contributed by atoms with Crippen molar-refractivity contribution >= 4 is 27.7 Å². The number of hydrogen-bond acceptors (Lipinski definition) is 8. The number of esters is 1. The third-order valence-electron chi connectivity index (χ3n) is 4.65. The zero-order chi connectivity index (χ0) is 21.9. The molecule has 0 aliphatic carbocycles. The number of benzene rings is 1. The number of anilines is 1. The summed E-state index contributed by atoms with van der Waals surface area (Å²) in [7, 11) is -3.94. The topological polar surface area (TPSA) is 129 Å². The molecule has 0 spiro atoms. The van der Waals surface area contributed by atoms with Crippen LogP contribution < -0.4 is 9.62 Å². The molecule has 0 saturated carbocycles. The fraction of sp³-hybridized carbons (Fsp3) is 0.300. The highest BCUT2D eigenvalue weighted by Crippen LogP contribution is 2.28. The van der Waals surface area contributed by atoms with Crippen molar-refractivity contribution in [2.24, 2.45) is 5.92 Å². The molecule has 30 heavy (non-hydrogen) atoms. The number of nitrogens with zero attached hydrogens (tertiary/aromatic N) is 3. The second-order valence-corrected chi connectivity index (χ2v) is 8.39. The Hall–Kier alpha value is -3.45. The molecular weight excluding hydrogens is 408 g/mol. The van der Waals surface area contributed by atoms with Gasteiger partial charge in [-0.05, 0) is 32.0 Å². The summed E-state index contributed by atoms with van der Waals surface area (Å²) >= 11 is 0. The van der Waals surface area contributed by atoms with Crippen LogP contribution in [0.2, 0.25) is 0 Å². The summed E-state index contributed by atoms with van der Waals surface area (Å²) in [6.07, 6.45) is 0. The third-order valence-corrected chi connectivity index (χ3v) is 6.01. The van der Waals surface area contributed by atoms with E-state index in [0.717, 1.165) is 0 Å². The molecule has 10 heteroatoms. The zero-order valence-electron chi connectivity index (χ0n) is 16.5. The van der Waals surface area contributed by atoms with Crippen molar-refractivity contribution in [3.8, 4) is 6.07 Å². The van der Waals surface area contributed by atoms with Gasteiger partial charge in [-0.25, -0.2) is 22.9 Å². The molecule has 1 aliphatic rings. The fourth-order valence-corrected chi connectivity index (χ4v) is 4.09. The first-order chi connectivity index (χ1) is 14.3. The van der Waals surface area contributed by atoms with E-state index in [2.05, 4.69) is 9.71 Å². The molecule has 1 aliphatic heterocycles. The summed E-state index contributed by atoms with van der Waals surface area (Å²) in [6.45, 7) is 3.93. The van der Waals surface area contributed by atoms with E-state index >= 15 is 0 Å². The van der Waals surface area contributed by atoms with Crippen molar-refractivity contribution in [1.29, 1.82) is 5.26 Å². The Kier molecular flexibility index (Phi) is 6.03. The number of ether oxygens (including phenoxy) is 1.